The van der Waals surface area contributed by atoms with E-state index in [-0.39, 0.29) is 61.4 Å². The molecule has 2 fully saturated rings. The smallest absolute Gasteiger partial charge is 0.253 e. The van der Waals surface area contributed by atoms with E-state index in [1.165, 1.54) is 9.80 Å². The first-order valence-electron chi connectivity index (χ1n) is 12.9. The van der Waals surface area contributed by atoms with Crippen molar-refractivity contribution in [1.82, 2.24) is 20.4 Å². The second-order valence-electron chi connectivity index (χ2n) is 9.44. The van der Waals surface area contributed by atoms with Gasteiger partial charge in [-0.25, -0.2) is 0 Å². The molecule has 6 amide bonds. The Morgan fingerprint density at radius 3 is 1.31 bits per heavy atom. The van der Waals surface area contributed by atoms with Gasteiger partial charge in [0.25, 0.3) is 11.8 Å². The molecular weight excluding hydrogens is 464 g/mol. The number of imide groups is 2. The van der Waals surface area contributed by atoms with Crippen LogP contribution in [0.2, 0.25) is 0 Å². The van der Waals surface area contributed by atoms with Gasteiger partial charge >= 0.3 is 0 Å². The van der Waals surface area contributed by atoms with Crippen LogP contribution in [0, 0.1) is 0 Å². The summed E-state index contributed by atoms with van der Waals surface area (Å²) in [6.07, 6.45) is 14.4. The number of hydrogen-bond donors (Lipinski definition) is 2. The molecule has 196 valence electrons. The Kier molecular flexibility index (Phi) is 10.4. The van der Waals surface area contributed by atoms with Gasteiger partial charge in [0.15, 0.2) is 0 Å². The van der Waals surface area contributed by atoms with Crippen molar-refractivity contribution in [2.45, 2.75) is 89.1 Å². The molecule has 10 heteroatoms. The lowest BCUT2D eigenvalue weighted by Crippen LogP contribution is -2.65. The summed E-state index contributed by atoms with van der Waals surface area (Å²) in [6, 6.07) is -1.27. The first-order valence-corrected chi connectivity index (χ1v) is 12.9. The topological polar surface area (TPSA) is 133 Å². The fourth-order valence-corrected chi connectivity index (χ4v) is 4.30. The van der Waals surface area contributed by atoms with Gasteiger partial charge in [-0.05, 0) is 51.4 Å². The predicted molar refractivity (Wildman–Crippen MR) is 131 cm³/mol. The van der Waals surface area contributed by atoms with Crippen LogP contribution in [0.15, 0.2) is 24.3 Å². The predicted octanol–water partition coefficient (Wildman–Crippen LogP) is 1.50. The standard InChI is InChI=1S/C26H36N4O6/c31-21-13-9-7-8-10-14-22(32)28-20-18-30(26(20)36)24(34)16-12-6-4-2-1-3-5-11-15-23(33)29-17-19(27-21)25(29)35/h1-2,7-8,19-20H,3-6,9-18H2,(H,27,31)(H,28,32)/b2-1+,8-7+/t19-,20-/m0/s1. The number of nitrogens with one attached hydrogen (secondary N) is 2. The number of amides is 6. The minimum absolute atomic E-state index is 0.203. The number of nitrogens with zero attached hydrogens (tertiary/aromatic N) is 2. The lowest BCUT2D eigenvalue weighted by atomic mass is 10.0. The number of β-lactam (4-membered cyclic amide) rings is 2. The fourth-order valence-electron chi connectivity index (χ4n) is 4.30. The van der Waals surface area contributed by atoms with Crippen LogP contribution in [-0.2, 0) is 28.8 Å². The molecule has 2 N–H and O–H groups in total. The first-order chi connectivity index (χ1) is 17.4. The second kappa shape index (κ2) is 13.7. The van der Waals surface area contributed by atoms with Crippen molar-refractivity contribution in [3.8, 4) is 0 Å². The van der Waals surface area contributed by atoms with Gasteiger partial charge in [-0.2, -0.15) is 0 Å². The summed E-state index contributed by atoms with van der Waals surface area (Å²) in [7, 11) is 0. The summed E-state index contributed by atoms with van der Waals surface area (Å²) in [5, 5.41) is 5.32. The average molecular weight is 501 g/mol. The molecule has 6 rings (SSSR count). The Balaban J connectivity index is 1.46. The van der Waals surface area contributed by atoms with E-state index < -0.39 is 12.1 Å². The number of rotatable bonds is 0. The van der Waals surface area contributed by atoms with E-state index in [1.807, 2.05) is 0 Å². The molecule has 2 saturated heterocycles. The molecule has 36 heavy (non-hydrogen) atoms. The molecule has 6 aliphatic heterocycles. The van der Waals surface area contributed by atoms with E-state index >= 15 is 0 Å². The van der Waals surface area contributed by atoms with Gasteiger partial charge in [-0.3, -0.25) is 38.6 Å². The summed E-state index contributed by atoms with van der Waals surface area (Å²) < 4.78 is 0. The minimum Gasteiger partial charge on any atom is -0.343 e. The average Bonchev–Trinajstić information content (AvgIpc) is 2.85. The Bertz CT molecular complexity index is 855. The highest BCUT2D eigenvalue weighted by Crippen LogP contribution is 2.16. The number of allylic oxidation sites excluding steroid dienone is 4. The molecule has 0 spiro atoms. The lowest BCUT2D eigenvalue weighted by Gasteiger charge is -2.37. The van der Waals surface area contributed by atoms with E-state index in [2.05, 4.69) is 22.8 Å². The maximum absolute atomic E-state index is 12.2. The third-order valence-electron chi connectivity index (χ3n) is 6.56. The summed E-state index contributed by atoms with van der Waals surface area (Å²) >= 11 is 0. The SMILES string of the molecule is O=C1CC/C=C/CCC(=O)N[C@H]2CN(C(=O)CCCC/C=C/CCCCC(=O)N3C[C@H](N1)C3=O)C2=O. The zero-order valence-corrected chi connectivity index (χ0v) is 20.7. The fraction of sp³-hybridized carbons (Fsp3) is 0.615. The van der Waals surface area contributed by atoms with Crippen molar-refractivity contribution < 1.29 is 28.8 Å². The molecule has 2 atom stereocenters. The Labute approximate surface area is 211 Å². The van der Waals surface area contributed by atoms with Gasteiger partial charge in [0, 0.05) is 25.7 Å². The maximum atomic E-state index is 12.2. The molecule has 4 bridgehead atoms. The molecule has 10 nitrogen and oxygen atoms in total. The zero-order valence-electron chi connectivity index (χ0n) is 20.7. The molecule has 0 aromatic carbocycles. The van der Waals surface area contributed by atoms with Gasteiger partial charge in [0.05, 0.1) is 13.1 Å². The van der Waals surface area contributed by atoms with Crippen molar-refractivity contribution >= 4 is 35.4 Å². The van der Waals surface area contributed by atoms with Crippen molar-refractivity contribution in [2.75, 3.05) is 13.1 Å². The zero-order chi connectivity index (χ0) is 25.9. The summed E-state index contributed by atoms with van der Waals surface area (Å²) in [5.41, 5.74) is 0. The second-order valence-corrected chi connectivity index (χ2v) is 9.44. The van der Waals surface area contributed by atoms with Gasteiger partial charge in [0.1, 0.15) is 12.1 Å². The molecule has 0 radical (unpaired) electrons. The van der Waals surface area contributed by atoms with E-state index in [0.29, 0.717) is 38.5 Å². The lowest BCUT2D eigenvalue weighted by molar-refractivity contribution is -0.158. The summed E-state index contributed by atoms with van der Waals surface area (Å²) in [6.45, 7) is 0.441. The maximum Gasteiger partial charge on any atom is 0.253 e. The first kappa shape index (κ1) is 27.3. The molecule has 0 aliphatic carbocycles. The normalized spacial score (nSPS) is 28.1. The van der Waals surface area contributed by atoms with E-state index in [4.69, 9.17) is 0 Å². The Morgan fingerprint density at radius 2 is 0.917 bits per heavy atom. The highest BCUT2D eigenvalue weighted by Gasteiger charge is 2.41. The third-order valence-corrected chi connectivity index (χ3v) is 6.56. The van der Waals surface area contributed by atoms with Gasteiger partial charge in [-0.15, -0.1) is 0 Å². The largest absolute Gasteiger partial charge is 0.343 e. The number of carbonyl (C=O) groups excluding carboxylic acids is 6. The van der Waals surface area contributed by atoms with Crippen LogP contribution < -0.4 is 10.6 Å². The number of hydrogen-bond acceptors (Lipinski definition) is 6. The van der Waals surface area contributed by atoms with Crippen LogP contribution in [0.3, 0.4) is 0 Å². The highest BCUT2D eigenvalue weighted by molar-refractivity contribution is 6.05. The van der Waals surface area contributed by atoms with E-state index in [0.717, 1.165) is 25.7 Å². The van der Waals surface area contributed by atoms with Crippen LogP contribution in [0.5, 0.6) is 0 Å². The Morgan fingerprint density at radius 1 is 0.528 bits per heavy atom. The van der Waals surface area contributed by atoms with Crippen LogP contribution in [0.1, 0.15) is 77.0 Å². The van der Waals surface area contributed by atoms with Crippen molar-refractivity contribution in [2.24, 2.45) is 0 Å². The van der Waals surface area contributed by atoms with Crippen molar-refractivity contribution in [1.29, 1.82) is 0 Å². The molecule has 6 aliphatic rings. The highest BCUT2D eigenvalue weighted by atomic mass is 16.2. The van der Waals surface area contributed by atoms with Gasteiger partial charge < -0.3 is 10.6 Å². The molecular formula is C26H36N4O6. The monoisotopic (exact) mass is 500 g/mol. The Hall–Kier alpha value is -3.30. The molecule has 0 unspecified atom stereocenters. The van der Waals surface area contributed by atoms with Crippen LogP contribution >= 0.6 is 0 Å². The van der Waals surface area contributed by atoms with Crippen molar-refractivity contribution in [3.63, 3.8) is 0 Å². The van der Waals surface area contributed by atoms with Crippen LogP contribution in [0.4, 0.5) is 0 Å². The quantitative estimate of drug-likeness (QED) is 0.294. The van der Waals surface area contributed by atoms with Crippen molar-refractivity contribution in [3.05, 3.63) is 24.3 Å². The summed E-state index contributed by atoms with van der Waals surface area (Å²) in [5.74, 6) is -1.63. The molecule has 0 saturated carbocycles. The third kappa shape index (κ3) is 7.86. The van der Waals surface area contributed by atoms with Crippen LogP contribution in [0.25, 0.3) is 0 Å². The van der Waals surface area contributed by atoms with Crippen LogP contribution in [-0.4, -0.2) is 70.4 Å². The summed E-state index contributed by atoms with van der Waals surface area (Å²) in [4.78, 5) is 75.4. The minimum atomic E-state index is -0.635. The van der Waals surface area contributed by atoms with Gasteiger partial charge in [-0.1, -0.05) is 24.3 Å². The van der Waals surface area contributed by atoms with E-state index in [9.17, 15) is 28.8 Å². The van der Waals surface area contributed by atoms with E-state index in [1.54, 1.807) is 12.2 Å². The number of carbonyl (C=O) groups is 6. The molecule has 0 aromatic heterocycles. The molecule has 6 heterocycles. The molecule has 0 aromatic rings. The van der Waals surface area contributed by atoms with Gasteiger partial charge in [0.2, 0.25) is 23.6 Å².